The average molecular weight is 365 g/mol. The Kier molecular flexibility index (Phi) is 6.11. The standard InChI is InChI=1S/C18H14F3NO4/c1-25-17(24)15(22-16(23)13-5-3-2-4-6-13)11-12-7-9-14(10-8-12)26-18(19,20)21/h2-10H,11H2,1H3. The fraction of sp³-hybridized carbons (Fsp3) is 0.167. The average Bonchev–Trinajstić information content (AvgIpc) is 2.61. The molecular formula is C18H14F3NO4. The van der Waals surface area contributed by atoms with Crippen LogP contribution < -0.4 is 4.74 Å². The van der Waals surface area contributed by atoms with Crippen LogP contribution in [0.15, 0.2) is 59.6 Å². The number of aliphatic imine (C=N–C) groups is 1. The molecule has 5 nitrogen and oxygen atoms in total. The van der Waals surface area contributed by atoms with E-state index in [0.29, 0.717) is 11.1 Å². The molecule has 2 rings (SSSR count). The Morgan fingerprint density at radius 2 is 1.62 bits per heavy atom. The molecule has 0 bridgehead atoms. The number of nitrogens with zero attached hydrogens (tertiary/aromatic N) is 1. The summed E-state index contributed by atoms with van der Waals surface area (Å²) in [5, 5.41) is 0. The molecule has 0 radical (unpaired) electrons. The molecule has 1 amide bonds. The van der Waals surface area contributed by atoms with E-state index in [1.807, 2.05) is 0 Å². The van der Waals surface area contributed by atoms with Crippen LogP contribution in [0.3, 0.4) is 0 Å². The molecule has 0 unspecified atom stereocenters. The quantitative estimate of drug-likeness (QED) is 0.600. The number of benzene rings is 2. The predicted molar refractivity (Wildman–Crippen MR) is 87.1 cm³/mol. The number of carbonyl (C=O) groups excluding carboxylic acids is 2. The number of carbonyl (C=O) groups is 2. The van der Waals surface area contributed by atoms with Crippen molar-refractivity contribution in [2.45, 2.75) is 12.8 Å². The van der Waals surface area contributed by atoms with Gasteiger partial charge in [-0.2, -0.15) is 0 Å². The van der Waals surface area contributed by atoms with Gasteiger partial charge >= 0.3 is 12.3 Å². The highest BCUT2D eigenvalue weighted by Gasteiger charge is 2.31. The molecule has 0 aromatic heterocycles. The number of ether oxygens (including phenoxy) is 2. The van der Waals surface area contributed by atoms with Gasteiger partial charge in [-0.1, -0.05) is 30.3 Å². The fourth-order valence-electron chi connectivity index (χ4n) is 2.05. The molecule has 2 aromatic rings. The van der Waals surface area contributed by atoms with Gasteiger partial charge in [0.05, 0.1) is 7.11 Å². The maximum Gasteiger partial charge on any atom is 0.573 e. The van der Waals surface area contributed by atoms with Crippen molar-refractivity contribution in [3.63, 3.8) is 0 Å². The summed E-state index contributed by atoms with van der Waals surface area (Å²) in [5.74, 6) is -1.81. The number of hydrogen-bond acceptors (Lipinski definition) is 4. The molecular weight excluding hydrogens is 351 g/mol. The van der Waals surface area contributed by atoms with Gasteiger partial charge < -0.3 is 9.47 Å². The van der Waals surface area contributed by atoms with E-state index in [4.69, 9.17) is 0 Å². The van der Waals surface area contributed by atoms with E-state index in [9.17, 15) is 22.8 Å². The zero-order valence-electron chi connectivity index (χ0n) is 13.6. The molecule has 0 aliphatic heterocycles. The van der Waals surface area contributed by atoms with Crippen molar-refractivity contribution in [2.75, 3.05) is 7.11 Å². The summed E-state index contributed by atoms with van der Waals surface area (Å²) in [5.41, 5.74) is 0.596. The maximum absolute atomic E-state index is 12.2. The van der Waals surface area contributed by atoms with Gasteiger partial charge in [-0.25, -0.2) is 9.79 Å². The predicted octanol–water partition coefficient (Wildman–Crippen LogP) is 3.58. The topological polar surface area (TPSA) is 65.0 Å². The van der Waals surface area contributed by atoms with Crippen molar-refractivity contribution in [2.24, 2.45) is 4.99 Å². The van der Waals surface area contributed by atoms with Crippen molar-refractivity contribution in [3.05, 3.63) is 65.7 Å². The highest BCUT2D eigenvalue weighted by molar-refractivity contribution is 6.39. The summed E-state index contributed by atoms with van der Waals surface area (Å²) in [6, 6.07) is 13.0. The van der Waals surface area contributed by atoms with Gasteiger partial charge in [-0.05, 0) is 29.8 Å². The van der Waals surface area contributed by atoms with Gasteiger partial charge in [0.25, 0.3) is 5.91 Å². The van der Waals surface area contributed by atoms with Gasteiger partial charge in [-0.3, -0.25) is 4.79 Å². The minimum absolute atomic E-state index is 0.0858. The van der Waals surface area contributed by atoms with Gasteiger partial charge in [0.1, 0.15) is 11.5 Å². The molecule has 2 aromatic carbocycles. The van der Waals surface area contributed by atoms with Crippen molar-refractivity contribution < 1.29 is 32.2 Å². The lowest BCUT2D eigenvalue weighted by Crippen LogP contribution is -2.20. The third-order valence-corrected chi connectivity index (χ3v) is 3.21. The van der Waals surface area contributed by atoms with Gasteiger partial charge in [0, 0.05) is 12.0 Å². The Morgan fingerprint density at radius 3 is 2.15 bits per heavy atom. The Hall–Kier alpha value is -3.16. The first-order valence-corrected chi connectivity index (χ1v) is 7.38. The Balaban J connectivity index is 2.19. The summed E-state index contributed by atoms with van der Waals surface area (Å²) in [6.45, 7) is 0. The summed E-state index contributed by atoms with van der Waals surface area (Å²) in [4.78, 5) is 27.8. The highest BCUT2D eigenvalue weighted by Crippen LogP contribution is 2.23. The fourth-order valence-corrected chi connectivity index (χ4v) is 2.05. The van der Waals surface area contributed by atoms with E-state index in [1.54, 1.807) is 30.3 Å². The number of amides is 1. The monoisotopic (exact) mass is 365 g/mol. The molecule has 0 saturated heterocycles. The van der Waals surface area contributed by atoms with Crippen molar-refractivity contribution in [1.29, 1.82) is 0 Å². The lowest BCUT2D eigenvalue weighted by molar-refractivity contribution is -0.274. The maximum atomic E-state index is 12.2. The van der Waals surface area contributed by atoms with Crippen LogP contribution in [-0.4, -0.2) is 31.1 Å². The smallest absolute Gasteiger partial charge is 0.465 e. The number of esters is 1. The Bertz CT molecular complexity index is 799. The number of hydrogen-bond donors (Lipinski definition) is 0. The molecule has 0 heterocycles. The van der Waals surface area contributed by atoms with Crippen LogP contribution in [0, 0.1) is 0 Å². The number of halogens is 3. The zero-order chi connectivity index (χ0) is 19.2. The molecule has 0 saturated carbocycles. The van der Waals surface area contributed by atoms with Crippen LogP contribution in [0.4, 0.5) is 13.2 Å². The first-order valence-electron chi connectivity index (χ1n) is 7.38. The van der Waals surface area contributed by atoms with E-state index in [1.165, 1.54) is 12.1 Å². The van der Waals surface area contributed by atoms with Crippen LogP contribution in [0.25, 0.3) is 0 Å². The molecule has 0 aliphatic rings. The third kappa shape index (κ3) is 5.73. The van der Waals surface area contributed by atoms with E-state index < -0.39 is 24.0 Å². The largest absolute Gasteiger partial charge is 0.573 e. The van der Waals surface area contributed by atoms with Crippen molar-refractivity contribution in [1.82, 2.24) is 0 Å². The summed E-state index contributed by atoms with van der Waals surface area (Å²) >= 11 is 0. The molecule has 0 fully saturated rings. The number of methoxy groups -OCH3 is 1. The number of alkyl halides is 3. The van der Waals surface area contributed by atoms with Crippen LogP contribution in [-0.2, 0) is 16.0 Å². The van der Waals surface area contributed by atoms with Crippen LogP contribution in [0.2, 0.25) is 0 Å². The van der Waals surface area contributed by atoms with E-state index in [2.05, 4.69) is 14.5 Å². The van der Waals surface area contributed by atoms with E-state index >= 15 is 0 Å². The van der Waals surface area contributed by atoms with Crippen LogP contribution in [0.1, 0.15) is 15.9 Å². The molecule has 0 atom stereocenters. The molecule has 26 heavy (non-hydrogen) atoms. The number of rotatable bonds is 5. The second-order valence-electron chi connectivity index (χ2n) is 5.09. The second-order valence-corrected chi connectivity index (χ2v) is 5.09. The normalized spacial score (nSPS) is 11.8. The summed E-state index contributed by atoms with van der Waals surface area (Å²) in [6.07, 6.45) is -4.88. The SMILES string of the molecule is COC(=O)C(Cc1ccc(OC(F)(F)F)cc1)=NC(=O)c1ccccc1. The first-order chi connectivity index (χ1) is 12.3. The van der Waals surface area contributed by atoms with Crippen LogP contribution in [0.5, 0.6) is 5.75 Å². The summed E-state index contributed by atoms with van der Waals surface area (Å²) in [7, 11) is 1.14. The molecule has 0 aliphatic carbocycles. The minimum atomic E-state index is -4.79. The van der Waals surface area contributed by atoms with Gasteiger partial charge in [0.2, 0.25) is 0 Å². The van der Waals surface area contributed by atoms with E-state index in [0.717, 1.165) is 19.2 Å². The molecule has 0 spiro atoms. The zero-order valence-corrected chi connectivity index (χ0v) is 13.6. The minimum Gasteiger partial charge on any atom is -0.465 e. The second kappa shape index (κ2) is 8.28. The van der Waals surface area contributed by atoms with Crippen molar-refractivity contribution >= 4 is 17.6 Å². The molecule has 0 N–H and O–H groups in total. The van der Waals surface area contributed by atoms with Gasteiger partial charge in [0.15, 0.2) is 0 Å². The van der Waals surface area contributed by atoms with Crippen molar-refractivity contribution in [3.8, 4) is 5.75 Å². The van der Waals surface area contributed by atoms with Crippen LogP contribution >= 0.6 is 0 Å². The lowest BCUT2D eigenvalue weighted by atomic mass is 10.1. The first kappa shape index (κ1) is 19.2. The molecule has 136 valence electrons. The Labute approximate surface area is 147 Å². The van der Waals surface area contributed by atoms with E-state index in [-0.39, 0.29) is 12.1 Å². The third-order valence-electron chi connectivity index (χ3n) is 3.21. The highest BCUT2D eigenvalue weighted by atomic mass is 19.4. The Morgan fingerprint density at radius 1 is 1.00 bits per heavy atom. The molecule has 8 heteroatoms. The summed E-state index contributed by atoms with van der Waals surface area (Å²) < 4.78 is 44.9. The lowest BCUT2D eigenvalue weighted by Gasteiger charge is -2.09. The van der Waals surface area contributed by atoms with Gasteiger partial charge in [-0.15, -0.1) is 13.2 Å².